The number of benzene rings is 6. The van der Waals surface area contributed by atoms with Crippen LogP contribution in [0, 0.1) is 5.41 Å². The van der Waals surface area contributed by atoms with Gasteiger partial charge in [-0.3, -0.25) is 16.0 Å². The highest BCUT2D eigenvalue weighted by Gasteiger charge is 2.41. The van der Waals surface area contributed by atoms with Gasteiger partial charge in [0.1, 0.15) is 11.2 Å². The van der Waals surface area contributed by atoms with E-state index in [0.29, 0.717) is 0 Å². The van der Waals surface area contributed by atoms with E-state index in [-0.39, 0.29) is 23.9 Å². The van der Waals surface area contributed by atoms with Gasteiger partial charge in [-0.05, 0) is 41.1 Å². The fourth-order valence-corrected chi connectivity index (χ4v) is 11.1. The van der Waals surface area contributed by atoms with E-state index >= 15 is 0 Å². The first kappa shape index (κ1) is 30.5. The maximum atomic E-state index is 6.53. The molecule has 0 bridgehead atoms. The Morgan fingerprint density at radius 3 is 2.17 bits per heavy atom. The van der Waals surface area contributed by atoms with Gasteiger partial charge >= 0.3 is 0 Å². The third kappa shape index (κ3) is 4.69. The summed E-state index contributed by atoms with van der Waals surface area (Å²) in [4.78, 5) is 1.38. The van der Waals surface area contributed by atoms with Crippen molar-refractivity contribution >= 4 is 80.9 Å². The molecule has 4 unspecified atom stereocenters. The molecule has 4 heterocycles. The van der Waals surface area contributed by atoms with Crippen molar-refractivity contribution in [2.45, 2.75) is 31.8 Å². The molecule has 1 aliphatic heterocycles. The molecule has 4 nitrogen and oxygen atoms in total. The lowest BCUT2D eigenvalue weighted by molar-refractivity contribution is 0.122. The van der Waals surface area contributed by atoms with Crippen molar-refractivity contribution in [3.05, 3.63) is 161 Å². The van der Waals surface area contributed by atoms with Crippen LogP contribution in [0.2, 0.25) is 0 Å². The Bertz CT molecular complexity index is 2860. The SMILES string of the molecule is CC1(C2NC(c3ccccc3)NC(c3cccc4c3sc3c(-c5cccc6c5oc5ccccc56)cccc34)N2)C=Cc2sc3ccccc3c2C1. The molecule has 11 rings (SSSR count). The zero-order valence-corrected chi connectivity index (χ0v) is 30.2. The third-order valence-corrected chi connectivity index (χ3v) is 13.7. The normalized spacial score (nSPS) is 21.8. The molecule has 0 amide bonds. The second-order valence-corrected chi connectivity index (χ2v) is 16.6. The van der Waals surface area contributed by atoms with Crippen LogP contribution in [0.25, 0.3) is 69.4 Å². The summed E-state index contributed by atoms with van der Waals surface area (Å²) in [5.41, 5.74) is 8.01. The Kier molecular flexibility index (Phi) is 6.88. The molecule has 0 spiro atoms. The third-order valence-electron chi connectivity index (χ3n) is 11.3. The van der Waals surface area contributed by atoms with Gasteiger partial charge < -0.3 is 4.42 Å². The molecule has 2 aliphatic rings. The molecule has 9 aromatic rings. The molecular formula is C46H35N3OS2. The predicted molar refractivity (Wildman–Crippen MR) is 220 cm³/mol. The van der Waals surface area contributed by atoms with E-state index in [1.165, 1.54) is 57.4 Å². The van der Waals surface area contributed by atoms with E-state index in [0.717, 1.165) is 33.9 Å². The summed E-state index contributed by atoms with van der Waals surface area (Å²) >= 11 is 3.79. The second kappa shape index (κ2) is 11.7. The van der Waals surface area contributed by atoms with Crippen LogP contribution in [0.15, 0.2) is 144 Å². The summed E-state index contributed by atoms with van der Waals surface area (Å²) < 4.78 is 10.5. The van der Waals surface area contributed by atoms with Gasteiger partial charge in [-0.2, -0.15) is 0 Å². The number of para-hydroxylation sites is 2. The number of fused-ring (bicyclic) bond motifs is 9. The average molecular weight is 710 g/mol. The first-order valence-corrected chi connectivity index (χ1v) is 19.6. The molecule has 1 aliphatic carbocycles. The molecule has 3 N–H and O–H groups in total. The van der Waals surface area contributed by atoms with E-state index in [2.05, 4.69) is 162 Å². The van der Waals surface area contributed by atoms with Crippen molar-refractivity contribution in [1.82, 2.24) is 16.0 Å². The fraction of sp³-hybridized carbons (Fsp3) is 0.130. The molecule has 0 radical (unpaired) electrons. The molecule has 6 heteroatoms. The monoisotopic (exact) mass is 709 g/mol. The van der Waals surface area contributed by atoms with Crippen LogP contribution < -0.4 is 16.0 Å². The lowest BCUT2D eigenvalue weighted by Gasteiger charge is -2.47. The van der Waals surface area contributed by atoms with Gasteiger partial charge in [0.05, 0.1) is 18.5 Å². The molecule has 4 atom stereocenters. The summed E-state index contributed by atoms with van der Waals surface area (Å²) in [6, 6.07) is 48.0. The molecule has 3 aromatic heterocycles. The van der Waals surface area contributed by atoms with Crippen molar-refractivity contribution < 1.29 is 4.42 Å². The number of nitrogens with one attached hydrogen (secondary N) is 3. The summed E-state index contributed by atoms with van der Waals surface area (Å²) in [6.45, 7) is 2.40. The molecular weight excluding hydrogens is 675 g/mol. The Hall–Kier alpha value is -5.08. The smallest absolute Gasteiger partial charge is 0.143 e. The van der Waals surface area contributed by atoms with Crippen molar-refractivity contribution in [1.29, 1.82) is 0 Å². The number of furan rings is 1. The zero-order valence-electron chi connectivity index (χ0n) is 28.5. The quantitative estimate of drug-likeness (QED) is 0.170. The van der Waals surface area contributed by atoms with Crippen molar-refractivity contribution in [2.75, 3.05) is 0 Å². The van der Waals surface area contributed by atoms with Crippen LogP contribution in [-0.4, -0.2) is 6.17 Å². The maximum Gasteiger partial charge on any atom is 0.143 e. The van der Waals surface area contributed by atoms with Gasteiger partial charge in [-0.1, -0.05) is 134 Å². The van der Waals surface area contributed by atoms with Crippen LogP contribution in [0.3, 0.4) is 0 Å². The van der Waals surface area contributed by atoms with Gasteiger partial charge in [0.15, 0.2) is 0 Å². The van der Waals surface area contributed by atoms with Crippen LogP contribution >= 0.6 is 22.7 Å². The molecule has 0 saturated carbocycles. The molecule has 1 saturated heterocycles. The molecule has 52 heavy (non-hydrogen) atoms. The zero-order chi connectivity index (χ0) is 34.4. The molecule has 1 fully saturated rings. The lowest BCUT2D eigenvalue weighted by atomic mass is 9.76. The van der Waals surface area contributed by atoms with Crippen molar-refractivity contribution in [2.24, 2.45) is 5.41 Å². The Morgan fingerprint density at radius 2 is 1.29 bits per heavy atom. The first-order valence-electron chi connectivity index (χ1n) is 18.0. The summed E-state index contributed by atoms with van der Waals surface area (Å²) in [6.07, 6.45) is 5.66. The molecule has 6 aromatic carbocycles. The van der Waals surface area contributed by atoms with Crippen LogP contribution in [0.4, 0.5) is 0 Å². The summed E-state index contributed by atoms with van der Waals surface area (Å²) in [7, 11) is 0. The summed E-state index contributed by atoms with van der Waals surface area (Å²) in [5, 5.41) is 18.3. The van der Waals surface area contributed by atoms with Crippen LogP contribution in [0.1, 0.15) is 40.8 Å². The highest BCUT2D eigenvalue weighted by molar-refractivity contribution is 7.26. The fourth-order valence-electron chi connectivity index (χ4n) is 8.62. The lowest BCUT2D eigenvalue weighted by Crippen LogP contribution is -2.64. The minimum atomic E-state index is -0.156. The minimum Gasteiger partial charge on any atom is -0.455 e. The number of thiophene rings is 2. The van der Waals surface area contributed by atoms with Crippen molar-refractivity contribution in [3.63, 3.8) is 0 Å². The van der Waals surface area contributed by atoms with Crippen molar-refractivity contribution in [3.8, 4) is 11.1 Å². The maximum absolute atomic E-state index is 6.53. The van der Waals surface area contributed by atoms with Crippen LogP contribution in [0.5, 0.6) is 0 Å². The predicted octanol–water partition coefficient (Wildman–Crippen LogP) is 11.9. The number of rotatable bonds is 4. The van der Waals surface area contributed by atoms with E-state index in [1.807, 2.05) is 28.7 Å². The molecule has 252 valence electrons. The Balaban J connectivity index is 1.03. The largest absolute Gasteiger partial charge is 0.455 e. The van der Waals surface area contributed by atoms with Gasteiger partial charge in [-0.15, -0.1) is 22.7 Å². The van der Waals surface area contributed by atoms with Gasteiger partial charge in [-0.25, -0.2) is 0 Å². The number of hydrogen-bond acceptors (Lipinski definition) is 6. The standard InChI is InChI=1S/C46H35N3OS2/c1-46(25-24-39-36(26-46)29-15-6-8-23-38(29)51-39)45-48-43(27-12-3-2-4-13-27)47-44(49-45)35-21-11-20-34-33-19-10-18-32(41(33)52-42(34)35)31-17-9-16-30-28-14-5-7-22-37(28)50-40(30)31/h2-25,43-45,47-49H,26H2,1H3. The Labute approximate surface area is 309 Å². The Morgan fingerprint density at radius 1 is 0.596 bits per heavy atom. The van der Waals surface area contributed by atoms with Gasteiger partial charge in [0.25, 0.3) is 0 Å². The van der Waals surface area contributed by atoms with E-state index in [1.54, 1.807) is 0 Å². The van der Waals surface area contributed by atoms with E-state index < -0.39 is 0 Å². The summed E-state index contributed by atoms with van der Waals surface area (Å²) in [5.74, 6) is 0. The van der Waals surface area contributed by atoms with E-state index in [9.17, 15) is 0 Å². The number of hydrogen-bond donors (Lipinski definition) is 3. The van der Waals surface area contributed by atoms with E-state index in [4.69, 9.17) is 4.42 Å². The van der Waals surface area contributed by atoms with Gasteiger partial charge in [0, 0.05) is 62.6 Å². The highest BCUT2D eigenvalue weighted by atomic mass is 32.1. The topological polar surface area (TPSA) is 49.2 Å². The van der Waals surface area contributed by atoms with Gasteiger partial charge in [0.2, 0.25) is 0 Å². The second-order valence-electron chi connectivity index (χ2n) is 14.5. The minimum absolute atomic E-state index is 0.0119. The van der Waals surface area contributed by atoms with Crippen LogP contribution in [-0.2, 0) is 6.42 Å². The highest BCUT2D eigenvalue weighted by Crippen LogP contribution is 2.47. The first-order chi connectivity index (χ1) is 25.6. The average Bonchev–Trinajstić information content (AvgIpc) is 3.89.